The zero-order valence-electron chi connectivity index (χ0n) is 39.3. The third-order valence-electron chi connectivity index (χ3n) is 12.4. The van der Waals surface area contributed by atoms with Gasteiger partial charge in [0, 0.05) is 48.0 Å². The van der Waals surface area contributed by atoms with Gasteiger partial charge in [0.25, 0.3) is 0 Å². The van der Waals surface area contributed by atoms with E-state index in [4.69, 9.17) is 0 Å². The monoisotopic (exact) mass is 873 g/mol. The minimum absolute atomic E-state index is 0.186. The van der Waals surface area contributed by atoms with Gasteiger partial charge in [0.15, 0.2) is 0 Å². The van der Waals surface area contributed by atoms with E-state index < -0.39 is 0 Å². The number of carbonyl (C=O) groups excluding carboxylic acids is 2. The van der Waals surface area contributed by atoms with E-state index in [0.29, 0.717) is 12.8 Å². The standard InChI is InChI=1S/2C28H37FN2O/c2*1-3-5-7-11-19-31(20-12-8-6-4-2)27(32)21-25-24-13-9-10-14-26(24)30-28(25)22-15-17-23(29)18-16-22/h2*9-10,13-18,30H,3-8,11-12,19-21H2,1-2H3. The molecule has 0 aliphatic carbocycles. The van der Waals surface area contributed by atoms with E-state index in [2.05, 4.69) is 59.6 Å². The third-order valence-corrected chi connectivity index (χ3v) is 12.4. The van der Waals surface area contributed by atoms with Crippen molar-refractivity contribution in [2.75, 3.05) is 26.2 Å². The molecule has 0 saturated carbocycles. The van der Waals surface area contributed by atoms with Gasteiger partial charge in [-0.2, -0.15) is 0 Å². The molecule has 64 heavy (non-hydrogen) atoms. The Morgan fingerprint density at radius 2 is 0.734 bits per heavy atom. The minimum atomic E-state index is -0.257. The Kier molecular flexibility index (Phi) is 21.1. The summed E-state index contributed by atoms with van der Waals surface area (Å²) >= 11 is 0. The second-order valence-corrected chi connectivity index (χ2v) is 17.4. The predicted octanol–water partition coefficient (Wildman–Crippen LogP) is 15.0. The Labute approximate surface area is 382 Å². The predicted molar refractivity (Wildman–Crippen MR) is 265 cm³/mol. The highest BCUT2D eigenvalue weighted by Gasteiger charge is 2.22. The Balaban J connectivity index is 0.000000241. The molecule has 4 aromatic carbocycles. The molecule has 0 aliphatic rings. The van der Waals surface area contributed by atoms with Gasteiger partial charge in [-0.1, -0.05) is 141 Å². The highest BCUT2D eigenvalue weighted by atomic mass is 19.1. The molecule has 0 fully saturated rings. The molecule has 0 spiro atoms. The molecule has 2 amide bonds. The first-order valence-corrected chi connectivity index (χ1v) is 24.5. The van der Waals surface area contributed by atoms with Crippen LogP contribution in [0.5, 0.6) is 0 Å². The van der Waals surface area contributed by atoms with E-state index in [9.17, 15) is 18.4 Å². The van der Waals surface area contributed by atoms with Crippen molar-refractivity contribution in [1.29, 1.82) is 0 Å². The number of nitrogens with one attached hydrogen (secondary N) is 2. The molecule has 0 radical (unpaired) electrons. The number of nitrogens with zero attached hydrogens (tertiary/aromatic N) is 2. The number of hydrogen-bond donors (Lipinski definition) is 2. The lowest BCUT2D eigenvalue weighted by Gasteiger charge is -2.23. The summed E-state index contributed by atoms with van der Waals surface area (Å²) in [6.45, 7) is 12.2. The maximum Gasteiger partial charge on any atom is 0.227 e. The first-order valence-electron chi connectivity index (χ1n) is 24.5. The van der Waals surface area contributed by atoms with Gasteiger partial charge in [-0.15, -0.1) is 0 Å². The quantitative estimate of drug-likeness (QED) is 0.0533. The van der Waals surface area contributed by atoms with Crippen LogP contribution in [0.25, 0.3) is 44.3 Å². The number of aromatic amines is 2. The Morgan fingerprint density at radius 3 is 1.05 bits per heavy atom. The van der Waals surface area contributed by atoms with Crippen LogP contribution >= 0.6 is 0 Å². The molecule has 6 rings (SSSR count). The molecule has 344 valence electrons. The lowest BCUT2D eigenvalue weighted by molar-refractivity contribution is -0.131. The summed E-state index contributed by atoms with van der Waals surface area (Å²) in [7, 11) is 0. The Morgan fingerprint density at radius 1 is 0.422 bits per heavy atom. The fourth-order valence-corrected chi connectivity index (χ4v) is 8.66. The number of aromatic nitrogens is 2. The normalized spacial score (nSPS) is 11.2. The van der Waals surface area contributed by atoms with Gasteiger partial charge in [-0.05, 0) is 109 Å². The number of benzene rings is 4. The van der Waals surface area contributed by atoms with E-state index in [1.165, 1.54) is 101 Å². The molecule has 0 saturated heterocycles. The molecule has 0 unspecified atom stereocenters. The van der Waals surface area contributed by atoms with Gasteiger partial charge in [0.1, 0.15) is 11.6 Å². The molecule has 2 aromatic heterocycles. The zero-order valence-corrected chi connectivity index (χ0v) is 39.3. The second kappa shape index (κ2) is 27.2. The lowest BCUT2D eigenvalue weighted by Crippen LogP contribution is -2.34. The van der Waals surface area contributed by atoms with Gasteiger partial charge >= 0.3 is 0 Å². The summed E-state index contributed by atoms with van der Waals surface area (Å²) < 4.78 is 27.0. The number of fused-ring (bicyclic) bond motifs is 2. The number of para-hydroxylation sites is 2. The number of unbranched alkanes of at least 4 members (excludes halogenated alkanes) is 12. The molecule has 0 atom stereocenters. The molecular weight excluding hydrogens is 799 g/mol. The number of amides is 2. The highest BCUT2D eigenvalue weighted by Crippen LogP contribution is 2.33. The second-order valence-electron chi connectivity index (χ2n) is 17.4. The van der Waals surface area contributed by atoms with Crippen molar-refractivity contribution < 1.29 is 18.4 Å². The molecule has 0 bridgehead atoms. The molecule has 6 nitrogen and oxygen atoms in total. The van der Waals surface area contributed by atoms with E-state index in [1.807, 2.05) is 36.4 Å². The van der Waals surface area contributed by atoms with Crippen LogP contribution in [0, 0.1) is 11.6 Å². The number of H-pyrrole nitrogens is 2. The van der Waals surface area contributed by atoms with Crippen LogP contribution in [0.4, 0.5) is 8.78 Å². The summed E-state index contributed by atoms with van der Waals surface area (Å²) in [5, 5.41) is 2.13. The smallest absolute Gasteiger partial charge is 0.227 e. The van der Waals surface area contributed by atoms with Crippen molar-refractivity contribution in [1.82, 2.24) is 19.8 Å². The fourth-order valence-electron chi connectivity index (χ4n) is 8.66. The minimum Gasteiger partial charge on any atom is -0.354 e. The molecule has 2 N–H and O–H groups in total. The van der Waals surface area contributed by atoms with Crippen molar-refractivity contribution >= 4 is 33.6 Å². The summed E-state index contributed by atoms with van der Waals surface area (Å²) in [6, 6.07) is 29.2. The first-order chi connectivity index (χ1) is 31.3. The van der Waals surface area contributed by atoms with Gasteiger partial charge in [0.2, 0.25) is 11.8 Å². The highest BCUT2D eigenvalue weighted by molar-refractivity contribution is 5.96. The van der Waals surface area contributed by atoms with Gasteiger partial charge in [0.05, 0.1) is 24.2 Å². The van der Waals surface area contributed by atoms with Gasteiger partial charge in [-0.25, -0.2) is 8.78 Å². The maximum absolute atomic E-state index is 13.5. The van der Waals surface area contributed by atoms with Crippen LogP contribution in [-0.2, 0) is 22.4 Å². The summed E-state index contributed by atoms with van der Waals surface area (Å²) in [5.41, 5.74) is 7.66. The number of hydrogen-bond acceptors (Lipinski definition) is 2. The van der Waals surface area contributed by atoms with Crippen LogP contribution in [0.15, 0.2) is 97.1 Å². The summed E-state index contributed by atoms with van der Waals surface area (Å²) in [5.74, 6) is -0.141. The van der Waals surface area contributed by atoms with Crippen molar-refractivity contribution in [3.8, 4) is 22.5 Å². The van der Waals surface area contributed by atoms with Crippen molar-refractivity contribution in [3.05, 3.63) is 120 Å². The fraction of sp³-hybridized carbons (Fsp3) is 0.464. The maximum atomic E-state index is 13.5. The number of halogens is 2. The molecule has 6 aromatic rings. The Bertz CT molecular complexity index is 2090. The van der Waals surface area contributed by atoms with Crippen LogP contribution in [0.1, 0.15) is 142 Å². The van der Waals surface area contributed by atoms with E-state index in [0.717, 1.165) is 107 Å². The van der Waals surface area contributed by atoms with Crippen LogP contribution in [0.2, 0.25) is 0 Å². The third kappa shape index (κ3) is 14.9. The van der Waals surface area contributed by atoms with E-state index >= 15 is 0 Å². The van der Waals surface area contributed by atoms with Crippen molar-refractivity contribution in [2.24, 2.45) is 0 Å². The van der Waals surface area contributed by atoms with Gasteiger partial charge < -0.3 is 19.8 Å². The van der Waals surface area contributed by atoms with Crippen LogP contribution < -0.4 is 0 Å². The Hall–Kier alpha value is -5.24. The zero-order chi connectivity index (χ0) is 45.5. The lowest BCUT2D eigenvalue weighted by atomic mass is 10.0. The summed E-state index contributed by atoms with van der Waals surface area (Å²) in [4.78, 5) is 38.0. The van der Waals surface area contributed by atoms with Crippen LogP contribution in [-0.4, -0.2) is 57.8 Å². The number of carbonyl (C=O) groups is 2. The molecule has 2 heterocycles. The largest absolute Gasteiger partial charge is 0.354 e. The first kappa shape index (κ1) is 49.8. The topological polar surface area (TPSA) is 72.2 Å². The SMILES string of the molecule is CCCCCCN(CCCCCC)C(=O)Cc1c(-c2ccc(F)cc2)[nH]c2ccccc12.CCCCCCN(CCCCCC)C(=O)Cc1c(-c2ccc(F)cc2)[nH]c2ccccc12. The van der Waals surface area contributed by atoms with Crippen molar-refractivity contribution in [2.45, 2.75) is 143 Å². The summed E-state index contributed by atoms with van der Waals surface area (Å²) in [6.07, 6.45) is 19.3. The van der Waals surface area contributed by atoms with E-state index in [1.54, 1.807) is 24.3 Å². The molecule has 0 aliphatic heterocycles. The van der Waals surface area contributed by atoms with Crippen LogP contribution in [0.3, 0.4) is 0 Å². The number of rotatable bonds is 26. The average molecular weight is 873 g/mol. The molecular formula is C56H74F2N4O2. The average Bonchev–Trinajstić information content (AvgIpc) is 3.86. The van der Waals surface area contributed by atoms with Gasteiger partial charge in [-0.3, -0.25) is 9.59 Å². The molecule has 8 heteroatoms. The van der Waals surface area contributed by atoms with Crippen molar-refractivity contribution in [3.63, 3.8) is 0 Å². The van der Waals surface area contributed by atoms with E-state index in [-0.39, 0.29) is 23.4 Å².